The van der Waals surface area contributed by atoms with E-state index in [2.05, 4.69) is 24.3 Å². The van der Waals surface area contributed by atoms with Crippen LogP contribution in [0.25, 0.3) is 0 Å². The van der Waals surface area contributed by atoms with Crippen LogP contribution >= 0.6 is 0 Å². The Morgan fingerprint density at radius 1 is 0.864 bits per heavy atom. The van der Waals surface area contributed by atoms with E-state index in [9.17, 15) is 0 Å². The Kier molecular flexibility index (Phi) is 4.33. The molecule has 1 saturated carbocycles. The molecule has 2 atom stereocenters. The molecule has 4 nitrogen and oxygen atoms in total. The van der Waals surface area contributed by atoms with Gasteiger partial charge >= 0.3 is 0 Å². The molecule has 0 N–H and O–H groups in total. The zero-order chi connectivity index (χ0) is 14.8. The Bertz CT molecular complexity index is 470. The molecule has 0 bridgehead atoms. The molecule has 22 heavy (non-hydrogen) atoms. The number of benzene rings is 1. The third kappa shape index (κ3) is 4.00. The number of rotatable bonds is 7. The topological polar surface area (TPSA) is 43.5 Å². The highest BCUT2D eigenvalue weighted by atomic mass is 16.6. The van der Waals surface area contributed by atoms with Crippen molar-refractivity contribution in [3.05, 3.63) is 29.8 Å². The fraction of sp³-hybridized carbons (Fsp3) is 0.667. The summed E-state index contributed by atoms with van der Waals surface area (Å²) in [5.41, 5.74) is 1.43. The maximum Gasteiger partial charge on any atom is 0.119 e. The zero-order valence-corrected chi connectivity index (χ0v) is 12.9. The van der Waals surface area contributed by atoms with Gasteiger partial charge in [0, 0.05) is 0 Å². The molecule has 120 valence electrons. The summed E-state index contributed by atoms with van der Waals surface area (Å²) >= 11 is 0. The standard InChI is InChI=1S/C18H24O4/c1-5-15(19-9-17-11-21-17)6-2-13(1)14-3-7-16(8-4-14)20-10-18-12-22-18/h1-2,5-6,14,16-18H,3-4,7-12H2. The van der Waals surface area contributed by atoms with Crippen molar-refractivity contribution in [3.63, 3.8) is 0 Å². The molecule has 1 aromatic rings. The maximum absolute atomic E-state index is 5.91. The summed E-state index contributed by atoms with van der Waals surface area (Å²) in [6, 6.07) is 8.61. The third-order valence-electron chi connectivity index (χ3n) is 4.78. The van der Waals surface area contributed by atoms with Crippen LogP contribution in [-0.2, 0) is 14.2 Å². The van der Waals surface area contributed by atoms with Crippen LogP contribution in [0.15, 0.2) is 24.3 Å². The fourth-order valence-electron chi connectivity index (χ4n) is 3.16. The zero-order valence-electron chi connectivity index (χ0n) is 12.9. The van der Waals surface area contributed by atoms with E-state index >= 15 is 0 Å². The molecule has 0 spiro atoms. The van der Waals surface area contributed by atoms with Crippen LogP contribution in [0, 0.1) is 0 Å². The number of hydrogen-bond acceptors (Lipinski definition) is 4. The second kappa shape index (κ2) is 6.57. The first-order chi connectivity index (χ1) is 10.9. The highest BCUT2D eigenvalue weighted by molar-refractivity contribution is 5.29. The fourth-order valence-corrected chi connectivity index (χ4v) is 3.16. The second-order valence-electron chi connectivity index (χ2n) is 6.60. The maximum atomic E-state index is 5.91. The average molecular weight is 304 g/mol. The van der Waals surface area contributed by atoms with Crippen LogP contribution < -0.4 is 4.74 Å². The molecular weight excluding hydrogens is 280 g/mol. The summed E-state index contributed by atoms with van der Waals surface area (Å²) in [4.78, 5) is 0. The van der Waals surface area contributed by atoms with Gasteiger partial charge in [-0.25, -0.2) is 0 Å². The van der Waals surface area contributed by atoms with Gasteiger partial charge in [0.05, 0.1) is 25.9 Å². The summed E-state index contributed by atoms with van der Waals surface area (Å²) in [6.07, 6.45) is 5.88. The monoisotopic (exact) mass is 304 g/mol. The van der Waals surface area contributed by atoms with Crippen molar-refractivity contribution in [2.45, 2.75) is 49.9 Å². The first-order valence-electron chi connectivity index (χ1n) is 8.44. The van der Waals surface area contributed by atoms with Gasteiger partial charge < -0.3 is 18.9 Å². The SMILES string of the molecule is c1cc(C2CCC(OCC3CO3)CC2)ccc1OCC1CO1. The van der Waals surface area contributed by atoms with Crippen LogP contribution in [0.2, 0.25) is 0 Å². The van der Waals surface area contributed by atoms with Gasteiger partial charge in [0.1, 0.15) is 24.6 Å². The molecule has 0 radical (unpaired) electrons. The summed E-state index contributed by atoms with van der Waals surface area (Å²) in [5, 5.41) is 0. The molecule has 3 fully saturated rings. The Morgan fingerprint density at radius 3 is 2.14 bits per heavy atom. The number of hydrogen-bond donors (Lipinski definition) is 0. The smallest absolute Gasteiger partial charge is 0.119 e. The largest absolute Gasteiger partial charge is 0.491 e. The van der Waals surface area contributed by atoms with Gasteiger partial charge in [0.25, 0.3) is 0 Å². The van der Waals surface area contributed by atoms with E-state index in [-0.39, 0.29) is 0 Å². The van der Waals surface area contributed by atoms with E-state index in [1.165, 1.54) is 18.4 Å². The third-order valence-corrected chi connectivity index (χ3v) is 4.78. The molecule has 0 aromatic heterocycles. The van der Waals surface area contributed by atoms with Crippen LogP contribution in [-0.4, -0.2) is 44.7 Å². The lowest BCUT2D eigenvalue weighted by molar-refractivity contribution is 0.0165. The van der Waals surface area contributed by atoms with Gasteiger partial charge in [-0.2, -0.15) is 0 Å². The molecule has 2 aliphatic heterocycles. The van der Waals surface area contributed by atoms with Crippen molar-refractivity contribution < 1.29 is 18.9 Å². The van der Waals surface area contributed by atoms with Crippen molar-refractivity contribution in [2.24, 2.45) is 0 Å². The molecule has 0 amide bonds. The van der Waals surface area contributed by atoms with Crippen molar-refractivity contribution in [1.82, 2.24) is 0 Å². The Hall–Kier alpha value is -1.10. The Labute approximate surface area is 131 Å². The molecule has 4 heteroatoms. The minimum atomic E-state index is 0.316. The van der Waals surface area contributed by atoms with Gasteiger partial charge in [-0.3, -0.25) is 0 Å². The van der Waals surface area contributed by atoms with E-state index in [1.54, 1.807) is 0 Å². The predicted molar refractivity (Wildman–Crippen MR) is 82.4 cm³/mol. The number of ether oxygens (including phenoxy) is 4. The molecule has 1 aliphatic carbocycles. The first kappa shape index (κ1) is 14.5. The van der Waals surface area contributed by atoms with Gasteiger partial charge in [0.15, 0.2) is 0 Å². The van der Waals surface area contributed by atoms with Crippen LogP contribution in [0.4, 0.5) is 0 Å². The highest BCUT2D eigenvalue weighted by Crippen LogP contribution is 2.35. The Balaban J connectivity index is 1.23. The molecule has 2 saturated heterocycles. The quantitative estimate of drug-likeness (QED) is 0.727. The van der Waals surface area contributed by atoms with Gasteiger partial charge in [-0.05, 0) is 49.3 Å². The number of epoxide rings is 2. The van der Waals surface area contributed by atoms with Crippen molar-refractivity contribution in [2.75, 3.05) is 26.4 Å². The van der Waals surface area contributed by atoms with Crippen LogP contribution in [0.3, 0.4) is 0 Å². The normalized spacial score (nSPS) is 33.5. The van der Waals surface area contributed by atoms with Crippen LogP contribution in [0.5, 0.6) is 5.75 Å². The summed E-state index contributed by atoms with van der Waals surface area (Å²) in [5.74, 6) is 1.61. The van der Waals surface area contributed by atoms with E-state index < -0.39 is 0 Å². The van der Waals surface area contributed by atoms with Crippen LogP contribution in [0.1, 0.15) is 37.2 Å². The molecule has 3 aliphatic rings. The Morgan fingerprint density at radius 2 is 1.50 bits per heavy atom. The first-order valence-corrected chi connectivity index (χ1v) is 8.44. The minimum Gasteiger partial charge on any atom is -0.491 e. The second-order valence-corrected chi connectivity index (χ2v) is 6.60. The van der Waals surface area contributed by atoms with Gasteiger partial charge in [-0.1, -0.05) is 12.1 Å². The molecule has 4 rings (SSSR count). The average Bonchev–Trinajstić information content (AvgIpc) is 3.47. The highest BCUT2D eigenvalue weighted by Gasteiger charge is 2.27. The van der Waals surface area contributed by atoms with Gasteiger partial charge in [-0.15, -0.1) is 0 Å². The summed E-state index contributed by atoms with van der Waals surface area (Å²) in [6.45, 7) is 3.19. The summed E-state index contributed by atoms with van der Waals surface area (Å²) < 4.78 is 22.0. The molecular formula is C18H24O4. The van der Waals surface area contributed by atoms with Crippen molar-refractivity contribution in [1.29, 1.82) is 0 Å². The minimum absolute atomic E-state index is 0.316. The lowest BCUT2D eigenvalue weighted by Gasteiger charge is -2.28. The van der Waals surface area contributed by atoms with E-state index in [4.69, 9.17) is 18.9 Å². The lowest BCUT2D eigenvalue weighted by Crippen LogP contribution is -2.22. The van der Waals surface area contributed by atoms with Crippen molar-refractivity contribution >= 4 is 0 Å². The summed E-state index contributed by atoms with van der Waals surface area (Å²) in [7, 11) is 0. The molecule has 1 aromatic carbocycles. The van der Waals surface area contributed by atoms with Gasteiger partial charge in [0.2, 0.25) is 0 Å². The molecule has 2 heterocycles. The van der Waals surface area contributed by atoms with E-state index in [0.717, 1.165) is 38.4 Å². The predicted octanol–water partition coefficient (Wildman–Crippen LogP) is 2.91. The van der Waals surface area contributed by atoms with E-state index in [0.29, 0.717) is 30.8 Å². The van der Waals surface area contributed by atoms with Crippen molar-refractivity contribution in [3.8, 4) is 5.75 Å². The molecule has 2 unspecified atom stereocenters. The van der Waals surface area contributed by atoms with E-state index in [1.807, 2.05) is 0 Å². The lowest BCUT2D eigenvalue weighted by atomic mass is 9.83.